The highest BCUT2D eigenvalue weighted by Crippen LogP contribution is 2.33. The van der Waals surface area contributed by atoms with Gasteiger partial charge in [-0.15, -0.1) is 0 Å². The molecule has 2 amide bonds. The molecule has 2 heterocycles. The molecule has 0 saturated carbocycles. The number of halogens is 5. The molecule has 0 bridgehead atoms. The Labute approximate surface area is 163 Å². The SMILES string of the molecule is O=C1NCC(C(=O)N[C@@H](c2ccc(F)c(Cl)c2)C2CCN(CC(F)(F)F)C2)O1. The molecule has 0 radical (unpaired) electrons. The summed E-state index contributed by atoms with van der Waals surface area (Å²) in [6.07, 6.45) is -5.69. The number of carbonyl (C=O) groups excluding carboxylic acids is 2. The molecule has 0 aromatic heterocycles. The van der Waals surface area contributed by atoms with Gasteiger partial charge in [0.2, 0.25) is 0 Å². The van der Waals surface area contributed by atoms with Crippen LogP contribution in [0.3, 0.4) is 0 Å². The third kappa shape index (κ3) is 5.05. The van der Waals surface area contributed by atoms with Crippen LogP contribution in [0.2, 0.25) is 5.02 Å². The first-order valence-electron chi connectivity index (χ1n) is 8.61. The molecule has 2 fully saturated rings. The molecule has 6 nitrogen and oxygen atoms in total. The Morgan fingerprint density at radius 1 is 1.43 bits per heavy atom. The molecule has 2 aliphatic rings. The average molecular weight is 424 g/mol. The van der Waals surface area contributed by atoms with Crippen molar-refractivity contribution in [2.24, 2.45) is 5.92 Å². The molecular weight excluding hydrogens is 406 g/mol. The van der Waals surface area contributed by atoms with Gasteiger partial charge in [0, 0.05) is 6.54 Å². The number of cyclic esters (lactones) is 1. The number of carbonyl (C=O) groups is 2. The Kier molecular flexibility index (Phi) is 5.99. The van der Waals surface area contributed by atoms with E-state index in [-0.39, 0.29) is 30.6 Å². The Morgan fingerprint density at radius 2 is 2.18 bits per heavy atom. The number of amides is 2. The number of benzene rings is 1. The molecule has 0 spiro atoms. The maximum Gasteiger partial charge on any atom is 0.408 e. The van der Waals surface area contributed by atoms with E-state index in [4.69, 9.17) is 16.3 Å². The highest BCUT2D eigenvalue weighted by molar-refractivity contribution is 6.30. The summed E-state index contributed by atoms with van der Waals surface area (Å²) in [7, 11) is 0. The lowest BCUT2D eigenvalue weighted by molar-refractivity contribution is -0.144. The van der Waals surface area contributed by atoms with Crippen molar-refractivity contribution in [3.63, 3.8) is 0 Å². The van der Waals surface area contributed by atoms with E-state index >= 15 is 0 Å². The van der Waals surface area contributed by atoms with E-state index < -0.39 is 42.7 Å². The van der Waals surface area contributed by atoms with E-state index in [9.17, 15) is 27.2 Å². The van der Waals surface area contributed by atoms with Crippen LogP contribution < -0.4 is 10.6 Å². The monoisotopic (exact) mass is 423 g/mol. The first-order chi connectivity index (χ1) is 13.1. The molecule has 2 unspecified atom stereocenters. The van der Waals surface area contributed by atoms with Crippen molar-refractivity contribution in [3.05, 3.63) is 34.6 Å². The van der Waals surface area contributed by atoms with Crippen molar-refractivity contribution in [1.29, 1.82) is 0 Å². The molecule has 3 atom stereocenters. The number of hydrogen-bond acceptors (Lipinski definition) is 4. The number of alkyl halides is 3. The van der Waals surface area contributed by atoms with Crippen LogP contribution in [-0.4, -0.2) is 55.4 Å². The summed E-state index contributed by atoms with van der Waals surface area (Å²) in [6, 6.07) is 3.20. The van der Waals surface area contributed by atoms with Gasteiger partial charge in [0.1, 0.15) is 5.82 Å². The fraction of sp³-hybridized carbons (Fsp3) is 0.529. The van der Waals surface area contributed by atoms with Crippen LogP contribution in [-0.2, 0) is 9.53 Å². The van der Waals surface area contributed by atoms with Gasteiger partial charge >= 0.3 is 12.3 Å². The highest BCUT2D eigenvalue weighted by atomic mass is 35.5. The Morgan fingerprint density at radius 3 is 2.79 bits per heavy atom. The summed E-state index contributed by atoms with van der Waals surface area (Å²) in [5.41, 5.74) is 0.468. The van der Waals surface area contributed by atoms with Crippen molar-refractivity contribution in [2.45, 2.75) is 24.7 Å². The van der Waals surface area contributed by atoms with Gasteiger partial charge in [-0.2, -0.15) is 13.2 Å². The zero-order valence-corrected chi connectivity index (χ0v) is 15.3. The minimum absolute atomic E-state index is 0.00751. The topological polar surface area (TPSA) is 70.7 Å². The second kappa shape index (κ2) is 8.12. The fourth-order valence-corrected chi connectivity index (χ4v) is 3.68. The summed E-state index contributed by atoms with van der Waals surface area (Å²) < 4.78 is 56.4. The predicted molar refractivity (Wildman–Crippen MR) is 91.2 cm³/mol. The maximum absolute atomic E-state index is 13.5. The number of nitrogens with zero attached hydrogens (tertiary/aromatic N) is 1. The van der Waals surface area contributed by atoms with Crippen LogP contribution in [0.4, 0.5) is 22.4 Å². The zero-order valence-electron chi connectivity index (χ0n) is 14.6. The normalized spacial score (nSPS) is 24.0. The molecule has 3 rings (SSSR count). The second-order valence-electron chi connectivity index (χ2n) is 6.83. The first kappa shape index (κ1) is 20.7. The lowest BCUT2D eigenvalue weighted by atomic mass is 9.92. The standard InChI is InChI=1S/C17H18ClF4N3O3/c18-11-5-9(1-2-12(11)19)14(24-15(26)13-6-23-16(27)28-13)10-3-4-25(7-10)8-17(20,21)22/h1-2,5,10,13-14H,3-4,6-8H2,(H,23,27)(H,24,26)/t10?,13?,14-/m0/s1. The van der Waals surface area contributed by atoms with Gasteiger partial charge in [-0.05, 0) is 36.6 Å². The molecule has 2 aliphatic heterocycles. The molecular formula is C17H18ClF4N3O3. The number of alkyl carbamates (subject to hydrolysis) is 1. The third-order valence-electron chi connectivity index (χ3n) is 4.76. The van der Waals surface area contributed by atoms with E-state index in [0.717, 1.165) is 6.07 Å². The van der Waals surface area contributed by atoms with Gasteiger partial charge in [0.15, 0.2) is 6.10 Å². The van der Waals surface area contributed by atoms with Crippen LogP contribution >= 0.6 is 11.6 Å². The predicted octanol–water partition coefficient (Wildman–Crippen LogP) is 2.63. The fourth-order valence-electron chi connectivity index (χ4n) is 3.49. The molecule has 2 N–H and O–H groups in total. The number of nitrogens with one attached hydrogen (secondary N) is 2. The second-order valence-corrected chi connectivity index (χ2v) is 7.24. The van der Waals surface area contributed by atoms with Crippen LogP contribution in [0.25, 0.3) is 0 Å². The number of likely N-dealkylation sites (tertiary alicyclic amines) is 1. The molecule has 154 valence electrons. The molecule has 28 heavy (non-hydrogen) atoms. The van der Waals surface area contributed by atoms with Crippen molar-refractivity contribution in [3.8, 4) is 0 Å². The molecule has 2 saturated heterocycles. The lowest BCUT2D eigenvalue weighted by Gasteiger charge is -2.27. The minimum Gasteiger partial charge on any atom is -0.434 e. The van der Waals surface area contributed by atoms with Crippen LogP contribution in [0, 0.1) is 11.7 Å². The summed E-state index contributed by atoms with van der Waals surface area (Å²) >= 11 is 5.84. The summed E-state index contributed by atoms with van der Waals surface area (Å²) in [4.78, 5) is 24.9. The lowest BCUT2D eigenvalue weighted by Crippen LogP contribution is -2.42. The third-order valence-corrected chi connectivity index (χ3v) is 5.05. The van der Waals surface area contributed by atoms with Crippen molar-refractivity contribution >= 4 is 23.6 Å². The number of ether oxygens (including phenoxy) is 1. The first-order valence-corrected chi connectivity index (χ1v) is 8.99. The quantitative estimate of drug-likeness (QED) is 0.714. The smallest absolute Gasteiger partial charge is 0.408 e. The van der Waals surface area contributed by atoms with Crippen molar-refractivity contribution in [1.82, 2.24) is 15.5 Å². The van der Waals surface area contributed by atoms with Crippen LogP contribution in [0.5, 0.6) is 0 Å². The van der Waals surface area contributed by atoms with E-state index in [1.165, 1.54) is 17.0 Å². The Hall–Kier alpha value is -2.07. The minimum atomic E-state index is -4.32. The highest BCUT2D eigenvalue weighted by Gasteiger charge is 2.39. The zero-order chi connectivity index (χ0) is 20.5. The van der Waals surface area contributed by atoms with Crippen LogP contribution in [0.15, 0.2) is 18.2 Å². The van der Waals surface area contributed by atoms with Gasteiger partial charge in [-0.3, -0.25) is 9.69 Å². The van der Waals surface area contributed by atoms with Gasteiger partial charge < -0.3 is 15.4 Å². The van der Waals surface area contributed by atoms with Gasteiger partial charge in [-0.1, -0.05) is 17.7 Å². The molecule has 0 aliphatic carbocycles. The van der Waals surface area contributed by atoms with Gasteiger partial charge in [-0.25, -0.2) is 9.18 Å². The summed E-state index contributed by atoms with van der Waals surface area (Å²) in [5, 5.41) is 4.92. The average Bonchev–Trinajstić information content (AvgIpc) is 3.23. The van der Waals surface area contributed by atoms with E-state index in [1.807, 2.05) is 0 Å². The van der Waals surface area contributed by atoms with Crippen molar-refractivity contribution < 1.29 is 31.9 Å². The largest absolute Gasteiger partial charge is 0.434 e. The Balaban J connectivity index is 1.77. The van der Waals surface area contributed by atoms with Gasteiger partial charge in [0.05, 0.1) is 24.2 Å². The van der Waals surface area contributed by atoms with E-state index in [1.54, 1.807) is 0 Å². The Bertz CT molecular complexity index is 762. The summed E-state index contributed by atoms with van der Waals surface area (Å²) in [5.74, 6) is -1.58. The van der Waals surface area contributed by atoms with Crippen LogP contribution in [0.1, 0.15) is 18.0 Å². The van der Waals surface area contributed by atoms with Gasteiger partial charge in [0.25, 0.3) is 5.91 Å². The van der Waals surface area contributed by atoms with E-state index in [0.29, 0.717) is 12.0 Å². The molecule has 1 aromatic rings. The summed E-state index contributed by atoms with van der Waals surface area (Å²) in [6.45, 7) is -0.738. The molecule has 11 heteroatoms. The van der Waals surface area contributed by atoms with Crippen molar-refractivity contribution in [2.75, 3.05) is 26.2 Å². The number of rotatable bonds is 5. The number of hydrogen-bond donors (Lipinski definition) is 2. The maximum atomic E-state index is 13.5. The molecule has 1 aromatic carbocycles. The van der Waals surface area contributed by atoms with E-state index in [2.05, 4.69) is 10.6 Å².